The zero-order valence-corrected chi connectivity index (χ0v) is 15.6. The lowest BCUT2D eigenvalue weighted by Gasteiger charge is -2.18. The zero-order valence-electron chi connectivity index (χ0n) is 14.7. The Hall–Kier alpha value is -2.52. The van der Waals surface area contributed by atoms with E-state index in [2.05, 4.69) is 15.0 Å². The molecule has 2 aromatic heterocycles. The number of anilines is 1. The summed E-state index contributed by atoms with van der Waals surface area (Å²) in [6.45, 7) is 0.310. The predicted octanol–water partition coefficient (Wildman–Crippen LogP) is 2.55. The van der Waals surface area contributed by atoms with Gasteiger partial charge in [0, 0.05) is 12.3 Å². The number of ether oxygens (including phenoxy) is 1. The van der Waals surface area contributed by atoms with Gasteiger partial charge in [-0.2, -0.15) is 0 Å². The molecule has 10 nitrogen and oxygen atoms in total. The van der Waals surface area contributed by atoms with Crippen LogP contribution in [-0.2, 0) is 18.3 Å². The van der Waals surface area contributed by atoms with Gasteiger partial charge in [-0.25, -0.2) is 19.5 Å². The summed E-state index contributed by atoms with van der Waals surface area (Å²) >= 11 is 0. The van der Waals surface area contributed by atoms with Crippen LogP contribution in [0.1, 0.15) is 12.6 Å². The zero-order chi connectivity index (χ0) is 19.1. The van der Waals surface area contributed by atoms with Crippen LogP contribution in [0.4, 0.5) is 5.82 Å². The van der Waals surface area contributed by atoms with Crippen LogP contribution in [-0.4, -0.2) is 38.8 Å². The van der Waals surface area contributed by atoms with Crippen molar-refractivity contribution in [3.05, 3.63) is 43.0 Å². The second-order valence-corrected chi connectivity index (χ2v) is 8.24. The fourth-order valence-corrected chi connectivity index (χ4v) is 4.71. The second-order valence-electron chi connectivity index (χ2n) is 6.65. The number of para-hydroxylation sites is 1. The Labute approximate surface area is 160 Å². The summed E-state index contributed by atoms with van der Waals surface area (Å²) in [6, 6.07) is 8.81. The van der Waals surface area contributed by atoms with Gasteiger partial charge in [0.15, 0.2) is 11.5 Å². The molecule has 11 heteroatoms. The summed E-state index contributed by atoms with van der Waals surface area (Å²) in [5.41, 5.74) is 6.99. The molecule has 28 heavy (non-hydrogen) atoms. The number of phosphoric acid groups is 1. The van der Waals surface area contributed by atoms with Gasteiger partial charge < -0.3 is 15.0 Å². The number of aromatic nitrogens is 4. The van der Waals surface area contributed by atoms with Crippen LogP contribution in [0.2, 0.25) is 0 Å². The minimum Gasteiger partial charge on any atom is -0.404 e. The number of nitrogens with two attached hydrogens (primary N) is 1. The van der Waals surface area contributed by atoms with Crippen molar-refractivity contribution in [2.75, 3.05) is 18.9 Å². The fraction of sp³-hybridized carbons (Fsp3) is 0.353. The van der Waals surface area contributed by atoms with Crippen LogP contribution < -0.4 is 10.3 Å². The Balaban J connectivity index is 1.31. The number of fused-ring (bicyclic) bond motifs is 2. The van der Waals surface area contributed by atoms with Gasteiger partial charge in [0.25, 0.3) is 0 Å². The molecule has 5 rings (SSSR count). The van der Waals surface area contributed by atoms with E-state index in [1.165, 1.54) is 6.33 Å². The quantitative estimate of drug-likeness (QED) is 0.657. The molecule has 2 aliphatic heterocycles. The maximum absolute atomic E-state index is 12.8. The molecule has 0 bridgehead atoms. The van der Waals surface area contributed by atoms with E-state index in [1.807, 2.05) is 10.6 Å². The van der Waals surface area contributed by atoms with Crippen molar-refractivity contribution in [1.82, 2.24) is 19.5 Å². The van der Waals surface area contributed by atoms with E-state index in [0.717, 1.165) is 0 Å². The molecule has 0 radical (unpaired) electrons. The van der Waals surface area contributed by atoms with Gasteiger partial charge in [-0.1, -0.05) is 18.2 Å². The average molecular weight is 403 g/mol. The van der Waals surface area contributed by atoms with Crippen molar-refractivity contribution in [3.63, 3.8) is 0 Å². The highest BCUT2D eigenvalue weighted by molar-refractivity contribution is 7.48. The summed E-state index contributed by atoms with van der Waals surface area (Å²) in [4.78, 5) is 12.5. The molecule has 0 aliphatic carbocycles. The highest BCUT2D eigenvalue weighted by Gasteiger charge is 2.44. The molecule has 3 aromatic rings. The van der Waals surface area contributed by atoms with Gasteiger partial charge in [-0.05, 0) is 12.1 Å². The number of phosphoric ester groups is 1. The number of imidazole rings is 1. The van der Waals surface area contributed by atoms with Crippen molar-refractivity contribution in [1.29, 1.82) is 0 Å². The molecule has 1 unspecified atom stereocenters. The second kappa shape index (κ2) is 6.82. The largest absolute Gasteiger partial charge is 0.530 e. The Bertz CT molecular complexity index is 1020. The molecule has 2 saturated heterocycles. The van der Waals surface area contributed by atoms with E-state index >= 15 is 0 Å². The summed E-state index contributed by atoms with van der Waals surface area (Å²) in [5, 5.41) is 0. The molecule has 0 saturated carbocycles. The SMILES string of the molecule is Nc1ncnc2c1ncn2[C@@H]1C[C@@H]2COP(=O)(Oc3ccccc3)OC[C@H]2O1. The van der Waals surface area contributed by atoms with Gasteiger partial charge in [0.2, 0.25) is 0 Å². The Morgan fingerprint density at radius 3 is 2.82 bits per heavy atom. The topological polar surface area (TPSA) is 124 Å². The van der Waals surface area contributed by atoms with Gasteiger partial charge in [0.1, 0.15) is 23.8 Å². The van der Waals surface area contributed by atoms with E-state index in [1.54, 1.807) is 30.6 Å². The third-order valence-corrected chi connectivity index (χ3v) is 6.23. The number of hydrogen-bond acceptors (Lipinski definition) is 9. The molecule has 2 aliphatic rings. The van der Waals surface area contributed by atoms with E-state index in [0.29, 0.717) is 29.2 Å². The van der Waals surface area contributed by atoms with E-state index in [9.17, 15) is 4.57 Å². The van der Waals surface area contributed by atoms with Gasteiger partial charge in [0.05, 0.1) is 25.6 Å². The first-order valence-electron chi connectivity index (χ1n) is 8.83. The normalized spacial score (nSPS) is 30.1. The molecule has 0 spiro atoms. The number of hydrogen-bond donors (Lipinski definition) is 1. The standard InChI is InChI=1S/C17H18N5O5P/c18-16-15-17(20-9-19-16)22(10-21-15)14-6-11-7-24-28(23,25-8-13(11)26-14)27-12-4-2-1-3-5-12/h1-5,9-11,13-14H,6-8H2,(H2,18,19,20)/t11-,13-,14+,28?/m1/s1. The molecule has 2 fully saturated rings. The van der Waals surface area contributed by atoms with Crippen LogP contribution in [0.5, 0.6) is 5.75 Å². The van der Waals surface area contributed by atoms with Crippen LogP contribution in [0, 0.1) is 5.92 Å². The van der Waals surface area contributed by atoms with Gasteiger partial charge in [-0.3, -0.25) is 13.6 Å². The van der Waals surface area contributed by atoms with E-state index in [4.69, 9.17) is 24.0 Å². The molecule has 4 heterocycles. The van der Waals surface area contributed by atoms with Crippen LogP contribution in [0.15, 0.2) is 43.0 Å². The smallest absolute Gasteiger partial charge is 0.404 e. The third kappa shape index (κ3) is 3.14. The molecular weight excluding hydrogens is 385 g/mol. The maximum atomic E-state index is 12.8. The fourth-order valence-electron chi connectivity index (χ4n) is 3.44. The number of rotatable bonds is 3. The number of nitrogen functional groups attached to an aromatic ring is 1. The van der Waals surface area contributed by atoms with Crippen LogP contribution in [0.3, 0.4) is 0 Å². The van der Waals surface area contributed by atoms with Crippen LogP contribution in [0.25, 0.3) is 11.2 Å². The molecule has 4 atom stereocenters. The molecule has 0 amide bonds. The Kier molecular flexibility index (Phi) is 4.28. The first-order chi connectivity index (χ1) is 13.6. The summed E-state index contributed by atoms with van der Waals surface area (Å²) < 4.78 is 37.3. The molecule has 146 valence electrons. The summed E-state index contributed by atoms with van der Waals surface area (Å²) in [7, 11) is -3.69. The van der Waals surface area contributed by atoms with Crippen molar-refractivity contribution < 1.29 is 22.9 Å². The first kappa shape index (κ1) is 17.6. The van der Waals surface area contributed by atoms with Gasteiger partial charge in [-0.15, -0.1) is 0 Å². The van der Waals surface area contributed by atoms with Crippen molar-refractivity contribution in [3.8, 4) is 5.75 Å². The lowest BCUT2D eigenvalue weighted by molar-refractivity contribution is -0.0221. The minimum atomic E-state index is -3.69. The lowest BCUT2D eigenvalue weighted by atomic mass is 10.0. The summed E-state index contributed by atoms with van der Waals surface area (Å²) in [6.07, 6.45) is 3.09. The number of nitrogens with zero attached hydrogens (tertiary/aromatic N) is 4. The Morgan fingerprint density at radius 1 is 1.14 bits per heavy atom. The van der Waals surface area contributed by atoms with E-state index in [-0.39, 0.29) is 31.5 Å². The highest BCUT2D eigenvalue weighted by Crippen LogP contribution is 2.53. The van der Waals surface area contributed by atoms with E-state index < -0.39 is 7.82 Å². The minimum absolute atomic E-state index is 0.00293. The van der Waals surface area contributed by atoms with Crippen molar-refractivity contribution in [2.45, 2.75) is 18.8 Å². The molecular formula is C17H18N5O5P. The molecule has 1 aromatic carbocycles. The summed E-state index contributed by atoms with van der Waals surface area (Å²) in [5.74, 6) is 0.748. The van der Waals surface area contributed by atoms with Crippen molar-refractivity contribution >= 4 is 24.8 Å². The number of benzene rings is 1. The highest BCUT2D eigenvalue weighted by atomic mass is 31.2. The van der Waals surface area contributed by atoms with Gasteiger partial charge >= 0.3 is 7.82 Å². The lowest BCUT2D eigenvalue weighted by Crippen LogP contribution is -2.21. The average Bonchev–Trinajstić information content (AvgIpc) is 3.27. The first-order valence-corrected chi connectivity index (χ1v) is 10.3. The monoisotopic (exact) mass is 403 g/mol. The molecule has 2 N–H and O–H groups in total. The Morgan fingerprint density at radius 2 is 1.96 bits per heavy atom. The third-order valence-electron chi connectivity index (χ3n) is 4.86. The predicted molar refractivity (Wildman–Crippen MR) is 98.3 cm³/mol. The maximum Gasteiger partial charge on any atom is 0.530 e. The van der Waals surface area contributed by atoms with Crippen LogP contribution >= 0.6 is 7.82 Å². The van der Waals surface area contributed by atoms with Crippen molar-refractivity contribution in [2.24, 2.45) is 5.92 Å².